The molecule has 0 aliphatic heterocycles. The first kappa shape index (κ1) is 19.9. The summed E-state index contributed by atoms with van der Waals surface area (Å²) < 4.78 is 38.5. The smallest absolute Gasteiger partial charge is 0.241 e. The van der Waals surface area contributed by atoms with E-state index in [1.165, 1.54) is 18.2 Å². The minimum atomic E-state index is -3.74. The Morgan fingerprint density at radius 1 is 1.19 bits per heavy atom. The predicted octanol–water partition coefficient (Wildman–Crippen LogP) is 3.17. The first-order valence-corrected chi connectivity index (χ1v) is 10.1. The van der Waals surface area contributed by atoms with Crippen LogP contribution < -0.4 is 9.62 Å². The summed E-state index contributed by atoms with van der Waals surface area (Å²) in [6.07, 6.45) is 1.65. The lowest BCUT2D eigenvalue weighted by Gasteiger charge is -2.24. The summed E-state index contributed by atoms with van der Waals surface area (Å²) in [6, 6.07) is 12.7. The van der Waals surface area contributed by atoms with E-state index in [0.717, 1.165) is 27.8 Å². The molecule has 0 aliphatic carbocycles. The monoisotopic (exact) mass is 378 g/mol. The van der Waals surface area contributed by atoms with Crippen molar-refractivity contribution in [1.82, 2.24) is 5.32 Å². The number of carbonyl (C=O) groups is 1. The maximum Gasteiger partial charge on any atom is 0.241 e. The molecule has 0 aliphatic rings. The number of nitrogens with zero attached hydrogens (tertiary/aromatic N) is 1. The first-order chi connectivity index (χ1) is 12.2. The minimum absolute atomic E-state index is 0.117. The average Bonchev–Trinajstić information content (AvgIpc) is 2.57. The van der Waals surface area contributed by atoms with Gasteiger partial charge in [-0.05, 0) is 37.1 Å². The molecule has 0 saturated carbocycles. The Balaban J connectivity index is 2.17. The Morgan fingerprint density at radius 2 is 1.85 bits per heavy atom. The lowest BCUT2D eigenvalue weighted by Crippen LogP contribution is -2.41. The zero-order valence-electron chi connectivity index (χ0n) is 15.1. The molecule has 140 valence electrons. The molecule has 0 bridgehead atoms. The number of nitrogens with one attached hydrogen (secondary N) is 1. The third-order valence-electron chi connectivity index (χ3n) is 4.01. The molecule has 2 aromatic carbocycles. The number of amides is 1. The SMILES string of the molecule is CC[C@@H](NC(=O)CN(c1cccc(F)c1)S(C)(=O)=O)c1ccc(C)cc1. The fourth-order valence-electron chi connectivity index (χ4n) is 2.62. The van der Waals surface area contributed by atoms with Crippen LogP contribution in [-0.2, 0) is 14.8 Å². The van der Waals surface area contributed by atoms with Gasteiger partial charge in [0.2, 0.25) is 15.9 Å². The molecule has 2 rings (SSSR count). The highest BCUT2D eigenvalue weighted by molar-refractivity contribution is 7.92. The Hall–Kier alpha value is -2.41. The van der Waals surface area contributed by atoms with Crippen molar-refractivity contribution in [2.45, 2.75) is 26.3 Å². The van der Waals surface area contributed by atoms with Gasteiger partial charge in [0.25, 0.3) is 0 Å². The number of benzene rings is 2. The maximum atomic E-state index is 13.4. The zero-order chi connectivity index (χ0) is 19.3. The van der Waals surface area contributed by atoms with E-state index >= 15 is 0 Å². The summed E-state index contributed by atoms with van der Waals surface area (Å²) in [5.74, 6) is -1.02. The van der Waals surface area contributed by atoms with Crippen LogP contribution in [0.15, 0.2) is 48.5 Å². The van der Waals surface area contributed by atoms with Crippen molar-refractivity contribution >= 4 is 21.6 Å². The summed E-state index contributed by atoms with van der Waals surface area (Å²) in [4.78, 5) is 12.5. The molecule has 7 heteroatoms. The molecule has 0 fully saturated rings. The van der Waals surface area contributed by atoms with Gasteiger partial charge < -0.3 is 5.32 Å². The Bertz CT molecular complexity index is 867. The molecule has 0 unspecified atom stereocenters. The second-order valence-electron chi connectivity index (χ2n) is 6.19. The molecule has 2 aromatic rings. The van der Waals surface area contributed by atoms with Gasteiger partial charge in [-0.2, -0.15) is 0 Å². The molecular formula is C19H23FN2O3S. The van der Waals surface area contributed by atoms with Gasteiger partial charge in [0.15, 0.2) is 0 Å². The fourth-order valence-corrected chi connectivity index (χ4v) is 3.47. The summed E-state index contributed by atoms with van der Waals surface area (Å²) in [5, 5.41) is 2.85. The van der Waals surface area contributed by atoms with Gasteiger partial charge in [-0.3, -0.25) is 9.10 Å². The van der Waals surface area contributed by atoms with Gasteiger partial charge >= 0.3 is 0 Å². The number of rotatable bonds is 7. The number of sulfonamides is 1. The van der Waals surface area contributed by atoms with Gasteiger partial charge in [0.05, 0.1) is 18.0 Å². The molecule has 0 saturated heterocycles. The van der Waals surface area contributed by atoms with E-state index in [1.54, 1.807) is 0 Å². The van der Waals surface area contributed by atoms with Crippen molar-refractivity contribution < 1.29 is 17.6 Å². The van der Waals surface area contributed by atoms with E-state index in [-0.39, 0.29) is 11.7 Å². The Morgan fingerprint density at radius 3 is 2.38 bits per heavy atom. The van der Waals surface area contributed by atoms with Crippen LogP contribution in [0.3, 0.4) is 0 Å². The van der Waals surface area contributed by atoms with E-state index in [0.29, 0.717) is 6.42 Å². The zero-order valence-corrected chi connectivity index (χ0v) is 15.9. The predicted molar refractivity (Wildman–Crippen MR) is 101 cm³/mol. The third kappa shape index (κ3) is 5.29. The van der Waals surface area contributed by atoms with Crippen molar-refractivity contribution in [3.63, 3.8) is 0 Å². The minimum Gasteiger partial charge on any atom is -0.348 e. The highest BCUT2D eigenvalue weighted by Gasteiger charge is 2.22. The largest absolute Gasteiger partial charge is 0.348 e. The summed E-state index contributed by atoms with van der Waals surface area (Å²) in [5.41, 5.74) is 2.18. The molecule has 1 atom stereocenters. The van der Waals surface area contributed by atoms with Crippen molar-refractivity contribution in [2.75, 3.05) is 17.1 Å². The van der Waals surface area contributed by atoms with Crippen LogP contribution in [0.4, 0.5) is 10.1 Å². The van der Waals surface area contributed by atoms with Gasteiger partial charge in [0, 0.05) is 0 Å². The summed E-state index contributed by atoms with van der Waals surface area (Å²) in [6.45, 7) is 3.50. The molecule has 5 nitrogen and oxygen atoms in total. The second kappa shape index (κ2) is 8.31. The molecule has 0 heterocycles. The number of hydrogen-bond donors (Lipinski definition) is 1. The topological polar surface area (TPSA) is 66.5 Å². The average molecular weight is 378 g/mol. The normalized spacial score (nSPS) is 12.5. The van der Waals surface area contributed by atoms with Crippen LogP contribution in [-0.4, -0.2) is 27.1 Å². The number of aryl methyl sites for hydroxylation is 1. The quantitative estimate of drug-likeness (QED) is 0.805. The highest BCUT2D eigenvalue weighted by atomic mass is 32.2. The summed E-state index contributed by atoms with van der Waals surface area (Å²) >= 11 is 0. The molecule has 26 heavy (non-hydrogen) atoms. The number of halogens is 1. The van der Waals surface area contributed by atoms with Crippen LogP contribution in [0, 0.1) is 12.7 Å². The lowest BCUT2D eigenvalue weighted by atomic mass is 10.0. The maximum absolute atomic E-state index is 13.4. The van der Waals surface area contributed by atoms with Crippen LogP contribution >= 0.6 is 0 Å². The third-order valence-corrected chi connectivity index (χ3v) is 5.15. The summed E-state index contributed by atoms with van der Waals surface area (Å²) in [7, 11) is -3.74. The van der Waals surface area contributed by atoms with E-state index < -0.39 is 28.3 Å². The van der Waals surface area contributed by atoms with E-state index in [2.05, 4.69) is 5.32 Å². The van der Waals surface area contributed by atoms with Crippen LogP contribution in [0.5, 0.6) is 0 Å². The Labute approximate surface area is 153 Å². The standard InChI is InChI=1S/C19H23FN2O3S/c1-4-18(15-10-8-14(2)9-11-15)21-19(23)13-22(26(3,24)25)17-7-5-6-16(20)12-17/h5-12,18H,4,13H2,1-3H3,(H,21,23)/t18-/m1/s1. The molecule has 0 spiro atoms. The number of hydrogen-bond acceptors (Lipinski definition) is 3. The van der Waals surface area contributed by atoms with E-state index in [9.17, 15) is 17.6 Å². The van der Waals surface area contributed by atoms with Crippen molar-refractivity contribution in [3.05, 3.63) is 65.5 Å². The van der Waals surface area contributed by atoms with Crippen LogP contribution in [0.2, 0.25) is 0 Å². The van der Waals surface area contributed by atoms with Crippen molar-refractivity contribution in [3.8, 4) is 0 Å². The first-order valence-electron chi connectivity index (χ1n) is 8.30. The van der Waals surface area contributed by atoms with Crippen molar-refractivity contribution in [2.24, 2.45) is 0 Å². The molecule has 0 aromatic heterocycles. The van der Waals surface area contributed by atoms with Gasteiger partial charge in [0.1, 0.15) is 12.4 Å². The second-order valence-corrected chi connectivity index (χ2v) is 8.10. The van der Waals surface area contributed by atoms with E-state index in [4.69, 9.17) is 0 Å². The fraction of sp³-hybridized carbons (Fsp3) is 0.316. The van der Waals surface area contributed by atoms with Crippen LogP contribution in [0.25, 0.3) is 0 Å². The molecular weight excluding hydrogens is 355 g/mol. The molecule has 1 amide bonds. The van der Waals surface area contributed by atoms with Gasteiger partial charge in [-0.15, -0.1) is 0 Å². The molecule has 0 radical (unpaired) electrons. The molecule has 1 N–H and O–H groups in total. The highest BCUT2D eigenvalue weighted by Crippen LogP contribution is 2.20. The van der Waals surface area contributed by atoms with Crippen molar-refractivity contribution in [1.29, 1.82) is 0 Å². The Kier molecular flexibility index (Phi) is 6.37. The lowest BCUT2D eigenvalue weighted by molar-refractivity contribution is -0.120. The number of anilines is 1. The van der Waals surface area contributed by atoms with Gasteiger partial charge in [-0.25, -0.2) is 12.8 Å². The number of carbonyl (C=O) groups excluding carboxylic acids is 1. The van der Waals surface area contributed by atoms with Crippen LogP contribution in [0.1, 0.15) is 30.5 Å². The van der Waals surface area contributed by atoms with Gasteiger partial charge in [-0.1, -0.05) is 42.8 Å². The van der Waals surface area contributed by atoms with E-state index in [1.807, 2.05) is 38.1 Å².